The first-order chi connectivity index (χ1) is 5.54. The molecule has 0 aromatic heterocycles. The van der Waals surface area contributed by atoms with Gasteiger partial charge in [-0.25, -0.2) is 0 Å². The third-order valence-electron chi connectivity index (χ3n) is 2.46. The molecule has 1 aliphatic heterocycles. The highest BCUT2D eigenvalue weighted by atomic mass is 16.5. The summed E-state index contributed by atoms with van der Waals surface area (Å²) in [5.41, 5.74) is 0.0420. The van der Waals surface area contributed by atoms with Crippen LogP contribution in [0.3, 0.4) is 0 Å². The maximum absolute atomic E-state index is 5.84. The summed E-state index contributed by atoms with van der Waals surface area (Å²) in [6, 6.07) is 0.921. The molecule has 0 aromatic carbocycles. The van der Waals surface area contributed by atoms with Crippen molar-refractivity contribution in [3.63, 3.8) is 0 Å². The van der Waals surface area contributed by atoms with E-state index in [0.717, 1.165) is 6.04 Å². The minimum atomic E-state index is 0.0420. The van der Waals surface area contributed by atoms with E-state index in [0.29, 0.717) is 6.10 Å². The predicted octanol–water partition coefficient (Wildman–Crippen LogP) is 1.65. The average molecular weight is 169 g/mol. The zero-order valence-corrected chi connectivity index (χ0v) is 8.34. The smallest absolute Gasteiger partial charge is 0.0835 e. The van der Waals surface area contributed by atoms with Crippen molar-refractivity contribution < 1.29 is 4.74 Å². The lowest BCUT2D eigenvalue weighted by atomic mass is 10.1. The van der Waals surface area contributed by atoms with Crippen molar-refractivity contribution >= 4 is 0 Å². The summed E-state index contributed by atoms with van der Waals surface area (Å²) in [5, 5.41) is 0. The molecular formula is C10H19NO. The minimum absolute atomic E-state index is 0.0420. The van der Waals surface area contributed by atoms with E-state index >= 15 is 0 Å². The Morgan fingerprint density at radius 2 is 1.75 bits per heavy atom. The number of hydrogen-bond acceptors (Lipinski definition) is 2. The molecule has 1 saturated carbocycles. The van der Waals surface area contributed by atoms with Gasteiger partial charge in [0.1, 0.15) is 0 Å². The maximum atomic E-state index is 5.84. The second-order valence-electron chi connectivity index (χ2n) is 5.04. The highest BCUT2D eigenvalue weighted by Crippen LogP contribution is 2.32. The number of rotatable bonds is 2. The molecule has 2 heteroatoms. The fourth-order valence-corrected chi connectivity index (χ4v) is 1.78. The van der Waals surface area contributed by atoms with Crippen molar-refractivity contribution in [1.29, 1.82) is 0 Å². The van der Waals surface area contributed by atoms with Gasteiger partial charge in [-0.05, 0) is 33.6 Å². The standard InChI is InChI=1S/C10H19NO/c1-10(2,3)12-9-6-11(7-9)8-4-5-8/h8-9H,4-7H2,1-3H3. The lowest BCUT2D eigenvalue weighted by Crippen LogP contribution is -2.55. The summed E-state index contributed by atoms with van der Waals surface area (Å²) < 4.78 is 5.84. The van der Waals surface area contributed by atoms with Crippen LogP contribution in [-0.4, -0.2) is 35.7 Å². The van der Waals surface area contributed by atoms with E-state index in [-0.39, 0.29) is 5.60 Å². The van der Waals surface area contributed by atoms with Crippen LogP contribution in [0.25, 0.3) is 0 Å². The molecular weight excluding hydrogens is 150 g/mol. The minimum Gasteiger partial charge on any atom is -0.370 e. The van der Waals surface area contributed by atoms with E-state index in [1.807, 2.05) is 0 Å². The first-order valence-electron chi connectivity index (χ1n) is 4.96. The fraction of sp³-hybridized carbons (Fsp3) is 1.00. The molecule has 0 atom stereocenters. The Bertz CT molecular complexity index is 163. The highest BCUT2D eigenvalue weighted by molar-refractivity contribution is 4.94. The van der Waals surface area contributed by atoms with Gasteiger partial charge in [0, 0.05) is 19.1 Å². The van der Waals surface area contributed by atoms with Gasteiger partial charge in [-0.1, -0.05) is 0 Å². The topological polar surface area (TPSA) is 12.5 Å². The molecule has 0 aromatic rings. The molecule has 2 rings (SSSR count). The van der Waals surface area contributed by atoms with E-state index in [2.05, 4.69) is 25.7 Å². The Balaban J connectivity index is 1.67. The third kappa shape index (κ3) is 1.99. The predicted molar refractivity (Wildman–Crippen MR) is 49.2 cm³/mol. The van der Waals surface area contributed by atoms with Crippen LogP contribution in [0.1, 0.15) is 33.6 Å². The van der Waals surface area contributed by atoms with E-state index in [1.165, 1.54) is 25.9 Å². The normalized spacial score (nSPS) is 27.2. The molecule has 1 heterocycles. The van der Waals surface area contributed by atoms with Gasteiger partial charge >= 0.3 is 0 Å². The molecule has 0 N–H and O–H groups in total. The Morgan fingerprint density at radius 1 is 1.17 bits per heavy atom. The van der Waals surface area contributed by atoms with Crippen LogP contribution in [0.5, 0.6) is 0 Å². The number of nitrogens with zero attached hydrogens (tertiary/aromatic N) is 1. The van der Waals surface area contributed by atoms with Crippen LogP contribution < -0.4 is 0 Å². The van der Waals surface area contributed by atoms with Crippen molar-refractivity contribution in [2.75, 3.05) is 13.1 Å². The van der Waals surface area contributed by atoms with Gasteiger partial charge in [0.15, 0.2) is 0 Å². The van der Waals surface area contributed by atoms with E-state index in [9.17, 15) is 0 Å². The molecule has 0 bridgehead atoms. The van der Waals surface area contributed by atoms with Crippen molar-refractivity contribution in [3.05, 3.63) is 0 Å². The zero-order chi connectivity index (χ0) is 8.77. The molecule has 2 nitrogen and oxygen atoms in total. The summed E-state index contributed by atoms with van der Waals surface area (Å²) in [7, 11) is 0. The third-order valence-corrected chi connectivity index (χ3v) is 2.46. The lowest BCUT2D eigenvalue weighted by molar-refractivity contribution is -0.126. The maximum Gasteiger partial charge on any atom is 0.0835 e. The molecule has 70 valence electrons. The number of hydrogen-bond donors (Lipinski definition) is 0. The van der Waals surface area contributed by atoms with E-state index in [1.54, 1.807) is 0 Å². The highest BCUT2D eigenvalue weighted by Gasteiger charge is 2.39. The molecule has 0 unspecified atom stereocenters. The summed E-state index contributed by atoms with van der Waals surface area (Å²) in [4.78, 5) is 2.54. The second kappa shape index (κ2) is 2.71. The van der Waals surface area contributed by atoms with Crippen molar-refractivity contribution in [2.45, 2.75) is 51.4 Å². The number of ether oxygens (including phenoxy) is 1. The van der Waals surface area contributed by atoms with Crippen LogP contribution in [0.4, 0.5) is 0 Å². The second-order valence-corrected chi connectivity index (χ2v) is 5.04. The summed E-state index contributed by atoms with van der Waals surface area (Å²) >= 11 is 0. The van der Waals surface area contributed by atoms with Gasteiger partial charge < -0.3 is 4.74 Å². The SMILES string of the molecule is CC(C)(C)OC1CN(C2CC2)C1. The van der Waals surface area contributed by atoms with Gasteiger partial charge in [-0.2, -0.15) is 0 Å². The van der Waals surface area contributed by atoms with Crippen LogP contribution in [0.15, 0.2) is 0 Å². The fourth-order valence-electron chi connectivity index (χ4n) is 1.78. The Kier molecular flexibility index (Phi) is 1.92. The first-order valence-corrected chi connectivity index (χ1v) is 4.96. The summed E-state index contributed by atoms with van der Waals surface area (Å²) in [5.74, 6) is 0. The molecule has 0 amide bonds. The van der Waals surface area contributed by atoms with Crippen LogP contribution in [0, 0.1) is 0 Å². The largest absolute Gasteiger partial charge is 0.370 e. The zero-order valence-electron chi connectivity index (χ0n) is 8.34. The Morgan fingerprint density at radius 3 is 2.17 bits per heavy atom. The van der Waals surface area contributed by atoms with Gasteiger partial charge in [0.05, 0.1) is 11.7 Å². The van der Waals surface area contributed by atoms with Crippen LogP contribution >= 0.6 is 0 Å². The molecule has 1 saturated heterocycles. The van der Waals surface area contributed by atoms with Gasteiger partial charge in [0.25, 0.3) is 0 Å². The van der Waals surface area contributed by atoms with Crippen LogP contribution in [0.2, 0.25) is 0 Å². The van der Waals surface area contributed by atoms with Crippen molar-refractivity contribution in [1.82, 2.24) is 4.90 Å². The van der Waals surface area contributed by atoms with Gasteiger partial charge in [0.2, 0.25) is 0 Å². The van der Waals surface area contributed by atoms with Crippen LogP contribution in [-0.2, 0) is 4.74 Å². The molecule has 0 radical (unpaired) electrons. The molecule has 12 heavy (non-hydrogen) atoms. The quantitative estimate of drug-likeness (QED) is 0.623. The first kappa shape index (κ1) is 8.52. The molecule has 1 aliphatic carbocycles. The Hall–Kier alpha value is -0.0800. The van der Waals surface area contributed by atoms with Crippen molar-refractivity contribution in [3.8, 4) is 0 Å². The number of likely N-dealkylation sites (tertiary alicyclic amines) is 1. The lowest BCUT2D eigenvalue weighted by Gasteiger charge is -2.42. The van der Waals surface area contributed by atoms with E-state index < -0.39 is 0 Å². The molecule has 2 aliphatic rings. The van der Waals surface area contributed by atoms with Crippen molar-refractivity contribution in [2.24, 2.45) is 0 Å². The molecule has 2 fully saturated rings. The average Bonchev–Trinajstić information content (AvgIpc) is 2.56. The Labute approximate surface area is 74.9 Å². The van der Waals surface area contributed by atoms with Gasteiger partial charge in [-0.15, -0.1) is 0 Å². The summed E-state index contributed by atoms with van der Waals surface area (Å²) in [6.45, 7) is 8.73. The molecule has 0 spiro atoms. The van der Waals surface area contributed by atoms with Gasteiger partial charge in [-0.3, -0.25) is 4.90 Å². The van der Waals surface area contributed by atoms with E-state index in [4.69, 9.17) is 4.74 Å². The monoisotopic (exact) mass is 169 g/mol. The summed E-state index contributed by atoms with van der Waals surface area (Å²) in [6.07, 6.45) is 3.34.